The Hall–Kier alpha value is -1.11. The first-order valence-electron chi connectivity index (χ1n) is 3.62. The van der Waals surface area contributed by atoms with Crippen LogP contribution in [-0.4, -0.2) is 19.9 Å². The van der Waals surface area contributed by atoms with Crippen molar-refractivity contribution in [3.8, 4) is 11.6 Å². The minimum absolute atomic E-state index is 0.556. The van der Waals surface area contributed by atoms with E-state index in [0.717, 1.165) is 3.70 Å². The Morgan fingerprint density at radius 3 is 2.31 bits per heavy atom. The van der Waals surface area contributed by atoms with Gasteiger partial charge >= 0.3 is 0 Å². The van der Waals surface area contributed by atoms with Crippen LogP contribution < -0.4 is 0 Å². The quantitative estimate of drug-likeness (QED) is 0.588. The van der Waals surface area contributed by atoms with E-state index in [0.29, 0.717) is 11.6 Å². The molecule has 0 amide bonds. The van der Waals surface area contributed by atoms with E-state index in [-0.39, 0.29) is 0 Å². The number of halogens is 1. The van der Waals surface area contributed by atoms with Crippen LogP contribution >= 0.6 is 22.6 Å². The fourth-order valence-corrected chi connectivity index (χ4v) is 1.25. The van der Waals surface area contributed by atoms with Crippen LogP contribution in [0.1, 0.15) is 0 Å². The van der Waals surface area contributed by atoms with E-state index in [9.17, 15) is 0 Å². The molecule has 0 fully saturated rings. The average Bonchev–Trinajstić information content (AvgIpc) is 2.19. The lowest BCUT2D eigenvalue weighted by atomic mass is 10.5. The van der Waals surface area contributed by atoms with E-state index in [1.54, 1.807) is 24.7 Å². The van der Waals surface area contributed by atoms with Gasteiger partial charge in [-0.25, -0.2) is 19.9 Å². The summed E-state index contributed by atoms with van der Waals surface area (Å²) in [4.78, 5) is 16.4. The van der Waals surface area contributed by atoms with Gasteiger partial charge in [0.2, 0.25) is 0 Å². The van der Waals surface area contributed by atoms with Crippen molar-refractivity contribution in [2.45, 2.75) is 0 Å². The molecule has 0 aromatic carbocycles. The fraction of sp³-hybridized carbons (Fsp3) is 0. The smallest absolute Gasteiger partial charge is 0.198 e. The molecule has 5 heteroatoms. The van der Waals surface area contributed by atoms with Crippen LogP contribution in [-0.2, 0) is 0 Å². The van der Waals surface area contributed by atoms with Gasteiger partial charge in [0.25, 0.3) is 0 Å². The van der Waals surface area contributed by atoms with Gasteiger partial charge in [-0.15, -0.1) is 0 Å². The number of hydrogen-bond donors (Lipinski definition) is 0. The maximum atomic E-state index is 4.19. The highest BCUT2D eigenvalue weighted by Crippen LogP contribution is 2.08. The first kappa shape index (κ1) is 8.49. The van der Waals surface area contributed by atoms with E-state index < -0.39 is 0 Å². The summed E-state index contributed by atoms with van der Waals surface area (Å²) in [6.07, 6.45) is 5.04. The van der Waals surface area contributed by atoms with Gasteiger partial charge in [-0.05, 0) is 34.7 Å². The normalized spacial score (nSPS) is 9.92. The zero-order chi connectivity index (χ0) is 9.10. The fourth-order valence-electron chi connectivity index (χ4n) is 0.859. The molecule has 0 aliphatic rings. The molecule has 2 rings (SSSR count). The lowest BCUT2D eigenvalue weighted by molar-refractivity contribution is 1.06. The summed E-state index contributed by atoms with van der Waals surface area (Å²) in [6, 6.07) is 3.59. The van der Waals surface area contributed by atoms with Crippen molar-refractivity contribution in [1.82, 2.24) is 19.9 Å². The molecule has 4 nitrogen and oxygen atoms in total. The number of rotatable bonds is 1. The molecule has 13 heavy (non-hydrogen) atoms. The first-order valence-corrected chi connectivity index (χ1v) is 4.70. The number of aromatic nitrogens is 4. The van der Waals surface area contributed by atoms with Crippen LogP contribution in [0.3, 0.4) is 0 Å². The van der Waals surface area contributed by atoms with Crippen molar-refractivity contribution in [2.75, 3.05) is 0 Å². The summed E-state index contributed by atoms with van der Waals surface area (Å²) in [6.45, 7) is 0. The molecule has 0 aliphatic carbocycles. The zero-order valence-electron chi connectivity index (χ0n) is 6.55. The number of nitrogens with zero attached hydrogens (tertiary/aromatic N) is 4. The highest BCUT2D eigenvalue weighted by Gasteiger charge is 2.02. The van der Waals surface area contributed by atoms with Crippen molar-refractivity contribution in [3.63, 3.8) is 0 Å². The van der Waals surface area contributed by atoms with Gasteiger partial charge in [0.15, 0.2) is 11.6 Å². The molecule has 0 aliphatic heterocycles. The predicted octanol–water partition coefficient (Wildman–Crippen LogP) is 1.54. The summed E-state index contributed by atoms with van der Waals surface area (Å²) in [5.41, 5.74) is 0. The SMILES string of the molecule is Ic1ccnc(-c2ncccn2)n1. The molecule has 0 N–H and O–H groups in total. The topological polar surface area (TPSA) is 51.6 Å². The van der Waals surface area contributed by atoms with Crippen molar-refractivity contribution >= 4 is 22.6 Å². The molecule has 2 aromatic heterocycles. The zero-order valence-corrected chi connectivity index (χ0v) is 8.71. The number of hydrogen-bond acceptors (Lipinski definition) is 4. The lowest BCUT2D eigenvalue weighted by Crippen LogP contribution is -1.94. The maximum absolute atomic E-state index is 4.19. The minimum Gasteiger partial charge on any atom is -0.234 e. The van der Waals surface area contributed by atoms with Crippen LogP contribution in [0.4, 0.5) is 0 Å². The van der Waals surface area contributed by atoms with Crippen molar-refractivity contribution in [1.29, 1.82) is 0 Å². The Morgan fingerprint density at radius 1 is 0.923 bits per heavy atom. The van der Waals surface area contributed by atoms with Crippen LogP contribution in [0.15, 0.2) is 30.7 Å². The van der Waals surface area contributed by atoms with Gasteiger partial charge in [0.1, 0.15) is 3.70 Å². The van der Waals surface area contributed by atoms with Gasteiger partial charge in [-0.2, -0.15) is 0 Å². The lowest BCUT2D eigenvalue weighted by Gasteiger charge is -1.96. The Morgan fingerprint density at radius 2 is 1.62 bits per heavy atom. The van der Waals surface area contributed by atoms with E-state index in [4.69, 9.17) is 0 Å². The molecule has 0 radical (unpaired) electrons. The van der Waals surface area contributed by atoms with Crippen LogP contribution in [0.2, 0.25) is 0 Å². The second kappa shape index (κ2) is 3.73. The largest absolute Gasteiger partial charge is 0.234 e. The van der Waals surface area contributed by atoms with Gasteiger partial charge in [0.05, 0.1) is 0 Å². The van der Waals surface area contributed by atoms with Gasteiger partial charge in [-0.1, -0.05) is 0 Å². The van der Waals surface area contributed by atoms with Gasteiger partial charge in [-0.3, -0.25) is 0 Å². The van der Waals surface area contributed by atoms with Crippen LogP contribution in [0.25, 0.3) is 11.6 Å². The molecule has 2 heterocycles. The van der Waals surface area contributed by atoms with Crippen molar-refractivity contribution in [2.24, 2.45) is 0 Å². The molecule has 0 saturated heterocycles. The summed E-state index contributed by atoms with van der Waals surface area (Å²) in [5, 5.41) is 0. The molecular formula is C8H5IN4. The summed E-state index contributed by atoms with van der Waals surface area (Å²) >= 11 is 2.13. The molecule has 0 saturated carbocycles. The third-order valence-electron chi connectivity index (χ3n) is 1.39. The third kappa shape index (κ3) is 1.97. The van der Waals surface area contributed by atoms with E-state index in [1.165, 1.54) is 0 Å². The molecule has 64 valence electrons. The molecular weight excluding hydrogens is 279 g/mol. The second-order valence-electron chi connectivity index (χ2n) is 2.28. The molecule has 2 aromatic rings. The monoisotopic (exact) mass is 284 g/mol. The van der Waals surface area contributed by atoms with Crippen molar-refractivity contribution in [3.05, 3.63) is 34.4 Å². The van der Waals surface area contributed by atoms with Crippen LogP contribution in [0.5, 0.6) is 0 Å². The van der Waals surface area contributed by atoms with E-state index in [2.05, 4.69) is 42.5 Å². The Bertz CT molecular complexity index is 404. The summed E-state index contributed by atoms with van der Waals surface area (Å²) < 4.78 is 0.884. The molecule has 0 spiro atoms. The third-order valence-corrected chi connectivity index (χ3v) is 1.99. The Kier molecular flexibility index (Phi) is 2.44. The second-order valence-corrected chi connectivity index (χ2v) is 3.38. The minimum atomic E-state index is 0.556. The maximum Gasteiger partial charge on any atom is 0.198 e. The molecule has 0 atom stereocenters. The summed E-state index contributed by atoms with van der Waals surface area (Å²) in [7, 11) is 0. The van der Waals surface area contributed by atoms with Crippen molar-refractivity contribution < 1.29 is 0 Å². The average molecular weight is 284 g/mol. The van der Waals surface area contributed by atoms with Gasteiger partial charge in [0, 0.05) is 18.6 Å². The standard InChI is InChI=1S/C8H5IN4/c9-6-2-5-12-8(13-6)7-10-3-1-4-11-7/h1-5H. The van der Waals surface area contributed by atoms with Gasteiger partial charge < -0.3 is 0 Å². The highest BCUT2D eigenvalue weighted by molar-refractivity contribution is 14.1. The highest BCUT2D eigenvalue weighted by atomic mass is 127. The molecule has 0 bridgehead atoms. The first-order chi connectivity index (χ1) is 6.36. The molecule has 0 unspecified atom stereocenters. The van der Waals surface area contributed by atoms with E-state index >= 15 is 0 Å². The Balaban J connectivity index is 2.48. The summed E-state index contributed by atoms with van der Waals surface area (Å²) in [5.74, 6) is 1.12. The predicted molar refractivity (Wildman–Crippen MR) is 55.8 cm³/mol. The van der Waals surface area contributed by atoms with E-state index in [1.807, 2.05) is 6.07 Å². The van der Waals surface area contributed by atoms with Crippen LogP contribution in [0, 0.1) is 3.70 Å². The Labute approximate surface area is 88.6 Å².